The fourth-order valence-corrected chi connectivity index (χ4v) is 1.60. The normalized spacial score (nSPS) is 13.1. The highest BCUT2D eigenvalue weighted by atomic mass is 16.5. The van der Waals surface area contributed by atoms with Gasteiger partial charge in [0.25, 0.3) is 0 Å². The molecule has 1 N–H and O–H groups in total. The summed E-state index contributed by atoms with van der Waals surface area (Å²) in [6, 6.07) is 0.257. The van der Waals surface area contributed by atoms with Crippen LogP contribution in [0.5, 0.6) is 0 Å². The van der Waals surface area contributed by atoms with E-state index in [0.717, 1.165) is 18.5 Å². The number of hydrogen-bond donors (Lipinski definition) is 1. The molecule has 0 amide bonds. The second-order valence-corrected chi connectivity index (χ2v) is 3.57. The van der Waals surface area contributed by atoms with Crippen molar-refractivity contribution in [3.8, 4) is 0 Å². The molecule has 1 aromatic heterocycles. The third kappa shape index (κ3) is 2.76. The molecule has 1 unspecified atom stereocenters. The first-order valence-corrected chi connectivity index (χ1v) is 5.27. The Bertz CT molecular complexity index is 299. The largest absolute Gasteiger partial charge is 0.390 e. The van der Waals surface area contributed by atoms with Crippen molar-refractivity contribution >= 4 is 0 Å². The molecular weight excluding hydrogens is 194 g/mol. The van der Waals surface area contributed by atoms with Crippen LogP contribution in [0, 0.1) is 0 Å². The summed E-state index contributed by atoms with van der Waals surface area (Å²) >= 11 is 0. The van der Waals surface area contributed by atoms with Crippen LogP contribution in [-0.4, -0.2) is 33.8 Å². The molecule has 5 nitrogen and oxygen atoms in total. The van der Waals surface area contributed by atoms with E-state index in [2.05, 4.69) is 17.2 Å². The number of aliphatic hydroxyl groups excluding tert-OH is 1. The SMILES string of the molecule is CCc1c(CO)nnn1C(C)CCOC. The van der Waals surface area contributed by atoms with E-state index in [0.29, 0.717) is 12.3 Å². The van der Waals surface area contributed by atoms with Crippen LogP contribution in [-0.2, 0) is 17.8 Å². The molecule has 1 heterocycles. The van der Waals surface area contributed by atoms with Gasteiger partial charge in [-0.15, -0.1) is 5.10 Å². The lowest BCUT2D eigenvalue weighted by atomic mass is 10.2. The third-order valence-corrected chi connectivity index (χ3v) is 2.51. The molecule has 0 spiro atoms. The molecule has 1 aromatic rings. The first-order valence-electron chi connectivity index (χ1n) is 5.27. The lowest BCUT2D eigenvalue weighted by molar-refractivity contribution is 0.177. The summed E-state index contributed by atoms with van der Waals surface area (Å²) in [7, 11) is 1.69. The Morgan fingerprint density at radius 3 is 2.80 bits per heavy atom. The second-order valence-electron chi connectivity index (χ2n) is 3.57. The number of nitrogens with zero attached hydrogens (tertiary/aromatic N) is 3. The summed E-state index contributed by atoms with van der Waals surface area (Å²) in [6.45, 7) is 4.78. The Morgan fingerprint density at radius 2 is 2.27 bits per heavy atom. The fraction of sp³-hybridized carbons (Fsp3) is 0.800. The van der Waals surface area contributed by atoms with Crippen LogP contribution < -0.4 is 0 Å². The fourth-order valence-electron chi connectivity index (χ4n) is 1.60. The molecule has 5 heteroatoms. The Balaban J connectivity index is 2.78. The highest BCUT2D eigenvalue weighted by Crippen LogP contribution is 2.15. The van der Waals surface area contributed by atoms with Gasteiger partial charge in [-0.25, -0.2) is 4.68 Å². The topological polar surface area (TPSA) is 60.2 Å². The minimum absolute atomic E-state index is 0.0415. The van der Waals surface area contributed by atoms with Crippen molar-refractivity contribution < 1.29 is 9.84 Å². The van der Waals surface area contributed by atoms with Gasteiger partial charge in [0, 0.05) is 13.7 Å². The molecule has 0 aliphatic heterocycles. The molecule has 1 rings (SSSR count). The van der Waals surface area contributed by atoms with Gasteiger partial charge in [0.2, 0.25) is 0 Å². The lowest BCUT2D eigenvalue weighted by Crippen LogP contribution is -2.13. The molecule has 0 saturated carbocycles. The van der Waals surface area contributed by atoms with Gasteiger partial charge in [-0.3, -0.25) is 0 Å². The summed E-state index contributed by atoms with van der Waals surface area (Å²) in [5.41, 5.74) is 1.70. The average Bonchev–Trinajstić information content (AvgIpc) is 2.68. The van der Waals surface area contributed by atoms with Gasteiger partial charge in [0.05, 0.1) is 18.3 Å². The van der Waals surface area contributed by atoms with Gasteiger partial charge in [-0.05, 0) is 19.8 Å². The van der Waals surface area contributed by atoms with E-state index in [-0.39, 0.29) is 12.6 Å². The van der Waals surface area contributed by atoms with Crippen LogP contribution in [0.2, 0.25) is 0 Å². The first kappa shape index (κ1) is 12.1. The summed E-state index contributed by atoms with van der Waals surface area (Å²) in [5, 5.41) is 17.1. The summed E-state index contributed by atoms with van der Waals surface area (Å²) < 4.78 is 6.91. The summed E-state index contributed by atoms with van der Waals surface area (Å²) in [4.78, 5) is 0. The van der Waals surface area contributed by atoms with Gasteiger partial charge in [-0.1, -0.05) is 12.1 Å². The van der Waals surface area contributed by atoms with Gasteiger partial charge in [0.1, 0.15) is 5.69 Å². The molecule has 0 radical (unpaired) electrons. The molecule has 0 saturated heterocycles. The van der Waals surface area contributed by atoms with E-state index in [9.17, 15) is 0 Å². The maximum absolute atomic E-state index is 9.08. The molecule has 1 atom stereocenters. The molecule has 0 bridgehead atoms. The van der Waals surface area contributed by atoms with Crippen molar-refractivity contribution in [3.63, 3.8) is 0 Å². The standard InChI is InChI=1S/C10H19N3O2/c1-4-10-9(7-14)11-12-13(10)8(2)5-6-15-3/h8,14H,4-7H2,1-3H3. The zero-order chi connectivity index (χ0) is 11.3. The van der Waals surface area contributed by atoms with Gasteiger partial charge in [0.15, 0.2) is 0 Å². The third-order valence-electron chi connectivity index (χ3n) is 2.51. The number of ether oxygens (including phenoxy) is 1. The zero-order valence-corrected chi connectivity index (χ0v) is 9.60. The van der Waals surface area contributed by atoms with Gasteiger partial charge < -0.3 is 9.84 Å². The van der Waals surface area contributed by atoms with Gasteiger partial charge >= 0.3 is 0 Å². The highest BCUT2D eigenvalue weighted by Gasteiger charge is 2.14. The van der Waals surface area contributed by atoms with E-state index < -0.39 is 0 Å². The van der Waals surface area contributed by atoms with Crippen LogP contribution in [0.3, 0.4) is 0 Å². The Kier molecular flexibility index (Phi) is 4.71. The molecule has 0 aromatic carbocycles. The van der Waals surface area contributed by atoms with E-state index in [1.165, 1.54) is 0 Å². The van der Waals surface area contributed by atoms with Gasteiger partial charge in [-0.2, -0.15) is 0 Å². The minimum atomic E-state index is -0.0415. The van der Waals surface area contributed by atoms with E-state index >= 15 is 0 Å². The second kappa shape index (κ2) is 5.82. The molecule has 0 fully saturated rings. The maximum Gasteiger partial charge on any atom is 0.111 e. The monoisotopic (exact) mass is 213 g/mol. The zero-order valence-electron chi connectivity index (χ0n) is 9.60. The van der Waals surface area contributed by atoms with Crippen molar-refractivity contribution in [1.29, 1.82) is 0 Å². The number of aliphatic hydroxyl groups is 1. The van der Waals surface area contributed by atoms with E-state index in [1.54, 1.807) is 7.11 Å². The van der Waals surface area contributed by atoms with Crippen molar-refractivity contribution in [3.05, 3.63) is 11.4 Å². The predicted molar refractivity (Wildman–Crippen MR) is 56.5 cm³/mol. The van der Waals surface area contributed by atoms with Crippen LogP contribution in [0.25, 0.3) is 0 Å². The van der Waals surface area contributed by atoms with E-state index in [1.807, 2.05) is 11.6 Å². The van der Waals surface area contributed by atoms with Crippen molar-refractivity contribution in [2.75, 3.05) is 13.7 Å². The smallest absolute Gasteiger partial charge is 0.111 e. The van der Waals surface area contributed by atoms with Crippen LogP contribution in [0.15, 0.2) is 0 Å². The Morgan fingerprint density at radius 1 is 1.53 bits per heavy atom. The molecule has 86 valence electrons. The number of aromatic nitrogens is 3. The van der Waals surface area contributed by atoms with Crippen molar-refractivity contribution in [1.82, 2.24) is 15.0 Å². The molecular formula is C10H19N3O2. The average molecular weight is 213 g/mol. The molecule has 0 aliphatic rings. The lowest BCUT2D eigenvalue weighted by Gasteiger charge is -2.13. The molecule has 15 heavy (non-hydrogen) atoms. The first-order chi connectivity index (χ1) is 7.24. The number of rotatable bonds is 6. The summed E-state index contributed by atoms with van der Waals surface area (Å²) in [6.07, 6.45) is 1.73. The quantitative estimate of drug-likeness (QED) is 0.763. The van der Waals surface area contributed by atoms with E-state index in [4.69, 9.17) is 9.84 Å². The van der Waals surface area contributed by atoms with Crippen molar-refractivity contribution in [2.24, 2.45) is 0 Å². The Hall–Kier alpha value is -0.940. The Labute approximate surface area is 90.1 Å². The van der Waals surface area contributed by atoms with Crippen molar-refractivity contribution in [2.45, 2.75) is 39.3 Å². The molecule has 0 aliphatic carbocycles. The maximum atomic E-state index is 9.08. The summed E-state index contributed by atoms with van der Waals surface area (Å²) in [5.74, 6) is 0. The van der Waals surface area contributed by atoms with Crippen LogP contribution in [0.1, 0.15) is 37.7 Å². The van der Waals surface area contributed by atoms with Crippen LogP contribution >= 0.6 is 0 Å². The van der Waals surface area contributed by atoms with Crippen LogP contribution in [0.4, 0.5) is 0 Å². The predicted octanol–water partition coefficient (Wildman–Crippen LogP) is 0.930. The minimum Gasteiger partial charge on any atom is -0.390 e. The highest BCUT2D eigenvalue weighted by molar-refractivity contribution is 5.09. The number of hydrogen-bond acceptors (Lipinski definition) is 4. The number of methoxy groups -OCH3 is 1.